The summed E-state index contributed by atoms with van der Waals surface area (Å²) in [6.45, 7) is 4.41. The van der Waals surface area contributed by atoms with Crippen molar-refractivity contribution in [2.24, 2.45) is 5.41 Å². The Hall–Kier alpha value is -3.19. The maximum Gasteiger partial charge on any atom is 0.411 e. The Balaban J connectivity index is 1.16. The molecule has 3 aliphatic rings. The SMILES string of the molecule is COc1cc(NC(=O)CCc2ccc(-c3ccccc3)c(NC(=O)OC3CC(C)(C)C4C5OC5C3N4I)c2)c(Cl)cc1C=O. The third-order valence-corrected chi connectivity index (χ3v) is 10.2. The van der Waals surface area contributed by atoms with Crippen LogP contribution in [0.15, 0.2) is 60.7 Å². The summed E-state index contributed by atoms with van der Waals surface area (Å²) in [5.41, 5.74) is 3.85. The number of aryl methyl sites for hydroxylation is 1. The number of benzene rings is 3. The van der Waals surface area contributed by atoms with E-state index in [1.54, 1.807) is 0 Å². The average Bonchev–Trinajstić information content (AvgIpc) is 3.70. The van der Waals surface area contributed by atoms with Crippen molar-refractivity contribution in [3.63, 3.8) is 0 Å². The minimum atomic E-state index is -0.521. The van der Waals surface area contributed by atoms with Crippen molar-refractivity contribution in [3.8, 4) is 16.9 Å². The van der Waals surface area contributed by atoms with Crippen LogP contribution in [0.2, 0.25) is 5.02 Å². The third-order valence-electron chi connectivity index (χ3n) is 8.69. The average molecular weight is 730 g/mol. The lowest BCUT2D eigenvalue weighted by atomic mass is 9.77. The predicted octanol–water partition coefficient (Wildman–Crippen LogP) is 6.92. The number of ether oxygens (including phenoxy) is 3. The lowest BCUT2D eigenvalue weighted by Gasteiger charge is -2.46. The summed E-state index contributed by atoms with van der Waals surface area (Å²) in [5.74, 6) is 0.0617. The van der Waals surface area contributed by atoms with Crippen LogP contribution in [0, 0.1) is 5.41 Å². The van der Waals surface area contributed by atoms with E-state index in [4.69, 9.17) is 25.8 Å². The monoisotopic (exact) mass is 729 g/mol. The summed E-state index contributed by atoms with van der Waals surface area (Å²) in [6.07, 6.45) is 1.47. The number of amides is 2. The molecule has 2 bridgehead atoms. The minimum Gasteiger partial charge on any atom is -0.496 e. The fourth-order valence-corrected chi connectivity index (χ4v) is 8.52. The molecule has 2 amide bonds. The largest absolute Gasteiger partial charge is 0.496 e. The number of piperidine rings is 1. The number of morpholine rings is 1. The maximum atomic E-state index is 13.4. The predicted molar refractivity (Wildman–Crippen MR) is 177 cm³/mol. The molecule has 9 nitrogen and oxygen atoms in total. The number of fused-ring (bicyclic) bond motifs is 5. The van der Waals surface area contributed by atoms with Crippen LogP contribution >= 0.6 is 34.5 Å². The fraction of sp³-hybridized carbons (Fsp3) is 0.364. The van der Waals surface area contributed by atoms with Crippen molar-refractivity contribution in [1.29, 1.82) is 0 Å². The quantitative estimate of drug-likeness (QED) is 0.107. The van der Waals surface area contributed by atoms with Gasteiger partial charge in [0.15, 0.2) is 6.29 Å². The van der Waals surface area contributed by atoms with E-state index in [2.05, 4.69) is 50.5 Å². The van der Waals surface area contributed by atoms with Gasteiger partial charge in [0.2, 0.25) is 5.91 Å². The molecule has 5 atom stereocenters. The smallest absolute Gasteiger partial charge is 0.411 e. The van der Waals surface area contributed by atoms with Gasteiger partial charge >= 0.3 is 6.09 Å². The number of epoxide rings is 1. The zero-order valence-electron chi connectivity index (χ0n) is 24.5. The summed E-state index contributed by atoms with van der Waals surface area (Å²) in [7, 11) is 1.44. The number of aldehydes is 1. The van der Waals surface area contributed by atoms with Gasteiger partial charge < -0.3 is 19.5 Å². The molecule has 11 heteroatoms. The molecule has 3 fully saturated rings. The van der Waals surface area contributed by atoms with E-state index < -0.39 is 6.09 Å². The Bertz CT molecular complexity index is 1600. The van der Waals surface area contributed by atoms with Gasteiger partial charge in [-0.2, -0.15) is 0 Å². The molecule has 3 heterocycles. The Labute approximate surface area is 275 Å². The van der Waals surface area contributed by atoms with E-state index in [9.17, 15) is 14.4 Å². The van der Waals surface area contributed by atoms with E-state index in [1.807, 2.05) is 48.5 Å². The lowest BCUT2D eigenvalue weighted by Crippen LogP contribution is -2.56. The molecule has 0 spiro atoms. The molecule has 3 aromatic rings. The lowest BCUT2D eigenvalue weighted by molar-refractivity contribution is -0.116. The molecule has 44 heavy (non-hydrogen) atoms. The van der Waals surface area contributed by atoms with E-state index in [1.165, 1.54) is 19.2 Å². The van der Waals surface area contributed by atoms with Crippen molar-refractivity contribution >= 4 is 64.1 Å². The normalized spacial score (nSPS) is 24.6. The minimum absolute atomic E-state index is 0.0333. The van der Waals surface area contributed by atoms with Crippen molar-refractivity contribution in [2.45, 2.75) is 63.5 Å². The van der Waals surface area contributed by atoms with Gasteiger partial charge in [0, 0.05) is 40.9 Å². The summed E-state index contributed by atoms with van der Waals surface area (Å²) in [4.78, 5) is 37.5. The first kappa shape index (κ1) is 30.8. The number of halogens is 2. The van der Waals surface area contributed by atoms with Crippen molar-refractivity contribution in [1.82, 2.24) is 3.11 Å². The number of hydrogen-bond donors (Lipinski definition) is 2. The molecule has 5 unspecified atom stereocenters. The molecule has 0 aliphatic carbocycles. The van der Waals surface area contributed by atoms with Gasteiger partial charge in [-0.1, -0.05) is 67.9 Å². The Morgan fingerprint density at radius 3 is 2.59 bits per heavy atom. The van der Waals surface area contributed by atoms with E-state index >= 15 is 0 Å². The topological polar surface area (TPSA) is 110 Å². The molecule has 3 saturated heterocycles. The van der Waals surface area contributed by atoms with Gasteiger partial charge in [0.05, 0.1) is 41.2 Å². The molecule has 230 valence electrons. The number of nitrogens with zero attached hydrogens (tertiary/aromatic N) is 1. The fourth-order valence-electron chi connectivity index (χ4n) is 6.55. The van der Waals surface area contributed by atoms with Gasteiger partial charge in [-0.15, -0.1) is 0 Å². The van der Waals surface area contributed by atoms with Crippen LogP contribution in [0.4, 0.5) is 16.2 Å². The van der Waals surface area contributed by atoms with Crippen molar-refractivity contribution in [3.05, 3.63) is 76.8 Å². The molecule has 0 aromatic heterocycles. The summed E-state index contributed by atoms with van der Waals surface area (Å²) < 4.78 is 19.5. The molecular formula is C33H33ClIN3O6. The molecule has 2 N–H and O–H groups in total. The molecule has 6 rings (SSSR count). The van der Waals surface area contributed by atoms with Gasteiger partial charge in [0.25, 0.3) is 0 Å². The standard InChI is InChI=1S/C33H33ClIN3O6/c1-33(2)16-26(28-29-30(44-29)31(33)38(28)35)43-32(41)37-23-13-18(9-11-21(23)19-7-5-4-6-8-19)10-12-27(40)36-24-15-25(42-3)20(17-39)14-22(24)34/h4-9,11,13-15,17,26,28-31H,10,12,16H2,1-3H3,(H,36,40)(H,37,41). The van der Waals surface area contributed by atoms with Gasteiger partial charge in [-0.05, 0) is 41.5 Å². The van der Waals surface area contributed by atoms with Crippen LogP contribution in [0.1, 0.15) is 42.6 Å². The number of carbonyl (C=O) groups excluding carboxylic acids is 3. The zero-order valence-corrected chi connectivity index (χ0v) is 27.4. The second kappa shape index (κ2) is 12.3. The second-order valence-electron chi connectivity index (χ2n) is 12.1. The molecule has 3 aromatic carbocycles. The molecule has 0 radical (unpaired) electrons. The Kier molecular flexibility index (Phi) is 8.62. The highest BCUT2D eigenvalue weighted by molar-refractivity contribution is 14.1. The van der Waals surface area contributed by atoms with Crippen LogP contribution in [0.5, 0.6) is 5.75 Å². The Morgan fingerprint density at radius 2 is 1.86 bits per heavy atom. The number of nitrogens with one attached hydrogen (secondary N) is 2. The summed E-state index contributed by atoms with van der Waals surface area (Å²) in [6, 6.07) is 18.9. The van der Waals surface area contributed by atoms with Crippen molar-refractivity contribution in [2.75, 3.05) is 17.7 Å². The van der Waals surface area contributed by atoms with Gasteiger partial charge in [-0.25, -0.2) is 7.91 Å². The highest BCUT2D eigenvalue weighted by Crippen LogP contribution is 2.57. The van der Waals surface area contributed by atoms with Gasteiger partial charge in [0.1, 0.15) is 24.1 Å². The number of anilines is 2. The van der Waals surface area contributed by atoms with Gasteiger partial charge in [-0.3, -0.25) is 14.9 Å². The number of carbonyl (C=O) groups is 3. The Morgan fingerprint density at radius 1 is 1.09 bits per heavy atom. The number of methoxy groups -OCH3 is 1. The zero-order chi connectivity index (χ0) is 31.2. The number of rotatable bonds is 9. The summed E-state index contributed by atoms with van der Waals surface area (Å²) >= 11 is 8.63. The highest BCUT2D eigenvalue weighted by Gasteiger charge is 2.70. The van der Waals surface area contributed by atoms with Crippen LogP contribution in [0.3, 0.4) is 0 Å². The van der Waals surface area contributed by atoms with Crippen LogP contribution in [0.25, 0.3) is 11.1 Å². The first-order valence-electron chi connectivity index (χ1n) is 14.5. The van der Waals surface area contributed by atoms with Crippen LogP contribution in [-0.4, -0.2) is 58.9 Å². The molecule has 0 saturated carbocycles. The highest BCUT2D eigenvalue weighted by atomic mass is 127. The molecule has 3 aliphatic heterocycles. The number of hydrogen-bond acceptors (Lipinski definition) is 7. The van der Waals surface area contributed by atoms with E-state index in [0.717, 1.165) is 23.1 Å². The first-order valence-corrected chi connectivity index (χ1v) is 15.8. The second-order valence-corrected chi connectivity index (χ2v) is 13.6. The van der Waals surface area contributed by atoms with Crippen molar-refractivity contribution < 1.29 is 28.6 Å². The van der Waals surface area contributed by atoms with Crippen LogP contribution < -0.4 is 15.4 Å². The van der Waals surface area contributed by atoms with E-state index in [-0.39, 0.29) is 47.1 Å². The first-order chi connectivity index (χ1) is 21.1. The molecular weight excluding hydrogens is 697 g/mol. The van der Waals surface area contributed by atoms with E-state index in [0.29, 0.717) is 41.4 Å². The maximum absolute atomic E-state index is 13.4. The van der Waals surface area contributed by atoms with Crippen LogP contribution in [-0.2, 0) is 20.7 Å². The third kappa shape index (κ3) is 6.04. The summed E-state index contributed by atoms with van der Waals surface area (Å²) in [5, 5.41) is 6.03.